The van der Waals surface area contributed by atoms with Crippen LogP contribution in [-0.2, 0) is 14.3 Å². The number of esters is 1. The normalized spacial score (nSPS) is 11.8. The van der Waals surface area contributed by atoms with E-state index in [0.717, 1.165) is 6.42 Å². The first-order chi connectivity index (χ1) is 14.3. The summed E-state index contributed by atoms with van der Waals surface area (Å²) in [6.45, 7) is 8.00. The molecule has 2 rings (SSSR count). The lowest BCUT2D eigenvalue weighted by Crippen LogP contribution is -2.31. The zero-order valence-corrected chi connectivity index (χ0v) is 17.9. The summed E-state index contributed by atoms with van der Waals surface area (Å²) in [5.41, 5.74) is 0.499. The van der Waals surface area contributed by atoms with Gasteiger partial charge in [0.25, 0.3) is 5.91 Å². The molecule has 8 heteroatoms. The van der Waals surface area contributed by atoms with Gasteiger partial charge in [-0.05, 0) is 51.5 Å². The molecular formula is C22H29N3O5. The number of carbonyl (C=O) groups is 3. The number of Topliss-reactive ketones (excluding diaryl/α,β-unsaturated/α-hetero) is 1. The van der Waals surface area contributed by atoms with Crippen LogP contribution in [0.3, 0.4) is 0 Å². The largest absolute Gasteiger partial charge is 0.494 e. The summed E-state index contributed by atoms with van der Waals surface area (Å²) in [4.78, 5) is 36.6. The maximum Gasteiger partial charge on any atom is 0.307 e. The smallest absolute Gasteiger partial charge is 0.307 e. The van der Waals surface area contributed by atoms with Gasteiger partial charge < -0.3 is 14.8 Å². The van der Waals surface area contributed by atoms with Crippen LogP contribution in [0.5, 0.6) is 5.75 Å². The Balaban J connectivity index is 1.79. The van der Waals surface area contributed by atoms with Crippen LogP contribution in [0.4, 0.5) is 5.82 Å². The number of ketones is 1. The Kier molecular flexibility index (Phi) is 8.58. The summed E-state index contributed by atoms with van der Waals surface area (Å²) >= 11 is 0. The van der Waals surface area contributed by atoms with Gasteiger partial charge in [0.2, 0.25) is 0 Å². The van der Waals surface area contributed by atoms with Gasteiger partial charge in [0.15, 0.2) is 11.9 Å². The first-order valence-corrected chi connectivity index (χ1v) is 10.1. The van der Waals surface area contributed by atoms with Crippen molar-refractivity contribution >= 4 is 23.5 Å². The lowest BCUT2D eigenvalue weighted by molar-refractivity contribution is -0.153. The Bertz CT molecular complexity index is 858. The van der Waals surface area contributed by atoms with Gasteiger partial charge in [-0.1, -0.05) is 6.92 Å². The van der Waals surface area contributed by atoms with Crippen LogP contribution in [0.1, 0.15) is 63.4 Å². The molecule has 0 unspecified atom stereocenters. The van der Waals surface area contributed by atoms with E-state index in [1.165, 1.54) is 6.92 Å². The van der Waals surface area contributed by atoms with Gasteiger partial charge in [-0.2, -0.15) is 5.10 Å². The van der Waals surface area contributed by atoms with Crippen molar-refractivity contribution in [1.29, 1.82) is 0 Å². The fourth-order valence-electron chi connectivity index (χ4n) is 2.68. The molecule has 1 N–H and O–H groups in total. The van der Waals surface area contributed by atoms with E-state index in [-0.39, 0.29) is 24.7 Å². The third-order valence-corrected chi connectivity index (χ3v) is 4.29. The number of hydrogen-bond donors (Lipinski definition) is 1. The molecule has 8 nitrogen and oxygen atoms in total. The molecule has 1 amide bonds. The molecule has 0 aliphatic heterocycles. The highest BCUT2D eigenvalue weighted by Gasteiger charge is 2.20. The van der Waals surface area contributed by atoms with E-state index in [9.17, 15) is 14.4 Å². The number of aromatic nitrogens is 2. The Labute approximate surface area is 176 Å². The Morgan fingerprint density at radius 2 is 1.77 bits per heavy atom. The second kappa shape index (κ2) is 11.1. The zero-order chi connectivity index (χ0) is 22.1. The van der Waals surface area contributed by atoms with Crippen molar-refractivity contribution < 1.29 is 23.9 Å². The summed E-state index contributed by atoms with van der Waals surface area (Å²) in [6.07, 6.45) is 1.40. The monoisotopic (exact) mass is 415 g/mol. The van der Waals surface area contributed by atoms with Gasteiger partial charge in [-0.25, -0.2) is 4.68 Å². The van der Waals surface area contributed by atoms with Crippen LogP contribution in [0, 0.1) is 0 Å². The number of benzene rings is 1. The van der Waals surface area contributed by atoms with E-state index in [1.807, 2.05) is 20.8 Å². The van der Waals surface area contributed by atoms with Crippen molar-refractivity contribution in [2.24, 2.45) is 0 Å². The standard InChI is InChI=1S/C22H29N3O5/c1-5-14-29-18-8-6-17(7-9-18)19(26)10-11-21(27)30-16(4)22(28)24-20-12-13-23-25(20)15(2)3/h6-9,12-13,15-16H,5,10-11,14H2,1-4H3,(H,24,28)/t16-/m1/s1. The summed E-state index contributed by atoms with van der Waals surface area (Å²) < 4.78 is 12.3. The fraction of sp³-hybridized carbons (Fsp3) is 0.455. The zero-order valence-electron chi connectivity index (χ0n) is 17.9. The molecule has 1 aromatic carbocycles. The lowest BCUT2D eigenvalue weighted by atomic mass is 10.1. The minimum Gasteiger partial charge on any atom is -0.494 e. The molecule has 1 aromatic heterocycles. The topological polar surface area (TPSA) is 99.5 Å². The summed E-state index contributed by atoms with van der Waals surface area (Å²) in [7, 11) is 0. The number of amides is 1. The second-order valence-corrected chi connectivity index (χ2v) is 7.17. The van der Waals surface area contributed by atoms with E-state index in [4.69, 9.17) is 9.47 Å². The van der Waals surface area contributed by atoms with E-state index in [1.54, 1.807) is 41.2 Å². The lowest BCUT2D eigenvalue weighted by Gasteiger charge is -2.15. The highest BCUT2D eigenvalue weighted by atomic mass is 16.5. The number of hydrogen-bond acceptors (Lipinski definition) is 6. The second-order valence-electron chi connectivity index (χ2n) is 7.17. The van der Waals surface area contributed by atoms with Crippen LogP contribution in [0.2, 0.25) is 0 Å². The van der Waals surface area contributed by atoms with Gasteiger partial charge in [0.1, 0.15) is 11.6 Å². The van der Waals surface area contributed by atoms with Crippen LogP contribution < -0.4 is 10.1 Å². The molecule has 0 radical (unpaired) electrons. The summed E-state index contributed by atoms with van der Waals surface area (Å²) in [5, 5.41) is 6.83. The van der Waals surface area contributed by atoms with Crippen molar-refractivity contribution in [3.05, 3.63) is 42.1 Å². The number of nitrogens with one attached hydrogen (secondary N) is 1. The number of nitrogens with zero attached hydrogens (tertiary/aromatic N) is 2. The molecule has 2 aromatic rings. The molecule has 0 saturated heterocycles. The molecule has 162 valence electrons. The number of rotatable bonds is 11. The maximum absolute atomic E-state index is 12.3. The highest BCUT2D eigenvalue weighted by molar-refractivity contribution is 5.98. The van der Waals surface area contributed by atoms with E-state index in [0.29, 0.717) is 23.7 Å². The van der Waals surface area contributed by atoms with Crippen LogP contribution in [0.25, 0.3) is 0 Å². The van der Waals surface area contributed by atoms with Crippen LogP contribution >= 0.6 is 0 Å². The summed E-state index contributed by atoms with van der Waals surface area (Å²) in [5.74, 6) is -0.0103. The number of ether oxygens (including phenoxy) is 2. The Morgan fingerprint density at radius 3 is 2.40 bits per heavy atom. The molecule has 1 atom stereocenters. The van der Waals surface area contributed by atoms with Gasteiger partial charge >= 0.3 is 5.97 Å². The fourth-order valence-corrected chi connectivity index (χ4v) is 2.68. The molecule has 0 spiro atoms. The summed E-state index contributed by atoms with van der Waals surface area (Å²) in [6, 6.07) is 8.56. The maximum atomic E-state index is 12.3. The van der Waals surface area contributed by atoms with Gasteiger partial charge in [0.05, 0.1) is 19.2 Å². The molecule has 1 heterocycles. The first kappa shape index (κ1) is 23.1. The third-order valence-electron chi connectivity index (χ3n) is 4.29. The quantitative estimate of drug-likeness (QED) is 0.443. The van der Waals surface area contributed by atoms with Crippen molar-refractivity contribution in [2.45, 2.75) is 59.1 Å². The molecule has 0 aliphatic rings. The van der Waals surface area contributed by atoms with E-state index < -0.39 is 18.0 Å². The van der Waals surface area contributed by atoms with Crippen molar-refractivity contribution in [2.75, 3.05) is 11.9 Å². The van der Waals surface area contributed by atoms with Crippen LogP contribution in [0.15, 0.2) is 36.5 Å². The average Bonchev–Trinajstić information content (AvgIpc) is 3.19. The molecule has 0 bridgehead atoms. The Morgan fingerprint density at radius 1 is 1.07 bits per heavy atom. The molecule has 0 aliphatic carbocycles. The van der Waals surface area contributed by atoms with Gasteiger partial charge in [0, 0.05) is 24.1 Å². The van der Waals surface area contributed by atoms with E-state index in [2.05, 4.69) is 10.4 Å². The minimum absolute atomic E-state index is 0.00244. The van der Waals surface area contributed by atoms with Crippen molar-refractivity contribution in [1.82, 2.24) is 9.78 Å². The third kappa shape index (κ3) is 6.72. The first-order valence-electron chi connectivity index (χ1n) is 10.1. The number of carbonyl (C=O) groups excluding carboxylic acids is 3. The van der Waals surface area contributed by atoms with Crippen molar-refractivity contribution in [3.8, 4) is 5.75 Å². The number of anilines is 1. The molecular weight excluding hydrogens is 386 g/mol. The molecule has 30 heavy (non-hydrogen) atoms. The Hall–Kier alpha value is -3.16. The molecule has 0 saturated carbocycles. The highest BCUT2D eigenvalue weighted by Crippen LogP contribution is 2.16. The predicted octanol–water partition coefficient (Wildman–Crippen LogP) is 3.79. The molecule has 0 fully saturated rings. The van der Waals surface area contributed by atoms with Crippen molar-refractivity contribution in [3.63, 3.8) is 0 Å². The minimum atomic E-state index is -0.988. The predicted molar refractivity (Wildman–Crippen MR) is 113 cm³/mol. The van der Waals surface area contributed by atoms with E-state index >= 15 is 0 Å². The SMILES string of the molecule is CCCOc1ccc(C(=O)CCC(=O)O[C@H](C)C(=O)Nc2ccnn2C(C)C)cc1. The van der Waals surface area contributed by atoms with Gasteiger partial charge in [-0.3, -0.25) is 14.4 Å². The van der Waals surface area contributed by atoms with Gasteiger partial charge in [-0.15, -0.1) is 0 Å². The average molecular weight is 415 g/mol. The van der Waals surface area contributed by atoms with Crippen LogP contribution in [-0.4, -0.2) is 40.2 Å².